The number of carbonyl (C=O) groups is 1. The third-order valence-corrected chi connectivity index (χ3v) is 3.52. The molecule has 5 nitrogen and oxygen atoms in total. The van der Waals surface area contributed by atoms with Crippen molar-refractivity contribution >= 4 is 5.91 Å². The predicted octanol–water partition coefficient (Wildman–Crippen LogP) is 0.905. The van der Waals surface area contributed by atoms with Crippen LogP contribution in [0.15, 0.2) is 18.7 Å². The Morgan fingerprint density at radius 2 is 2.44 bits per heavy atom. The van der Waals surface area contributed by atoms with Gasteiger partial charge in [-0.25, -0.2) is 4.98 Å². The van der Waals surface area contributed by atoms with Gasteiger partial charge in [0.2, 0.25) is 5.91 Å². The van der Waals surface area contributed by atoms with Crippen LogP contribution in [0.25, 0.3) is 0 Å². The maximum absolute atomic E-state index is 12.1. The van der Waals surface area contributed by atoms with Crippen molar-refractivity contribution < 1.29 is 4.79 Å². The number of imidazole rings is 1. The van der Waals surface area contributed by atoms with Crippen molar-refractivity contribution in [2.75, 3.05) is 0 Å². The molecule has 0 bridgehead atoms. The van der Waals surface area contributed by atoms with Gasteiger partial charge in [0.1, 0.15) is 0 Å². The van der Waals surface area contributed by atoms with Crippen LogP contribution in [0.4, 0.5) is 0 Å². The second kappa shape index (κ2) is 6.00. The van der Waals surface area contributed by atoms with Gasteiger partial charge < -0.3 is 15.6 Å². The summed E-state index contributed by atoms with van der Waals surface area (Å²) in [5.74, 6) is 0.247. The van der Waals surface area contributed by atoms with Gasteiger partial charge in [-0.2, -0.15) is 0 Å². The molecule has 1 heterocycles. The number of carbonyl (C=O) groups excluding carboxylic acids is 1. The molecule has 1 aromatic heterocycles. The monoisotopic (exact) mass is 250 g/mol. The maximum Gasteiger partial charge on any atom is 0.223 e. The van der Waals surface area contributed by atoms with Gasteiger partial charge in [-0.3, -0.25) is 4.79 Å². The molecule has 1 saturated carbocycles. The van der Waals surface area contributed by atoms with Crippen LogP contribution in [-0.2, 0) is 11.3 Å². The maximum atomic E-state index is 12.1. The minimum Gasteiger partial charge on any atom is -0.352 e. The van der Waals surface area contributed by atoms with Crippen LogP contribution in [0.3, 0.4) is 0 Å². The lowest BCUT2D eigenvalue weighted by Crippen LogP contribution is -2.42. The molecule has 3 N–H and O–H groups in total. The van der Waals surface area contributed by atoms with E-state index < -0.39 is 0 Å². The normalized spacial score (nSPS) is 25.7. The lowest BCUT2D eigenvalue weighted by atomic mass is 9.85. The Morgan fingerprint density at radius 1 is 1.61 bits per heavy atom. The smallest absolute Gasteiger partial charge is 0.223 e. The first kappa shape index (κ1) is 13.1. The zero-order valence-electron chi connectivity index (χ0n) is 10.9. The molecule has 18 heavy (non-hydrogen) atoms. The van der Waals surface area contributed by atoms with E-state index in [9.17, 15) is 4.79 Å². The van der Waals surface area contributed by atoms with Gasteiger partial charge in [0.05, 0.1) is 6.33 Å². The molecular weight excluding hydrogens is 228 g/mol. The molecule has 0 spiro atoms. The summed E-state index contributed by atoms with van der Waals surface area (Å²) >= 11 is 0. The van der Waals surface area contributed by atoms with Crippen LogP contribution < -0.4 is 11.1 Å². The summed E-state index contributed by atoms with van der Waals surface area (Å²) in [7, 11) is 0. The zero-order chi connectivity index (χ0) is 13.0. The number of nitrogens with one attached hydrogen (secondary N) is 1. The summed E-state index contributed by atoms with van der Waals surface area (Å²) in [6.45, 7) is 2.77. The fourth-order valence-electron chi connectivity index (χ4n) is 2.58. The Labute approximate surface area is 108 Å². The number of nitrogens with two attached hydrogens (primary N) is 1. The Kier molecular flexibility index (Phi) is 4.36. The molecule has 3 unspecified atom stereocenters. The van der Waals surface area contributed by atoms with E-state index in [2.05, 4.69) is 10.3 Å². The zero-order valence-corrected chi connectivity index (χ0v) is 10.9. The van der Waals surface area contributed by atoms with E-state index in [4.69, 9.17) is 5.73 Å². The lowest BCUT2D eigenvalue weighted by molar-refractivity contribution is -0.126. The minimum atomic E-state index is 0.0963. The van der Waals surface area contributed by atoms with Crippen LogP contribution in [0.2, 0.25) is 0 Å². The van der Waals surface area contributed by atoms with Crippen molar-refractivity contribution in [2.24, 2.45) is 11.7 Å². The fraction of sp³-hybridized carbons (Fsp3) is 0.692. The summed E-state index contributed by atoms with van der Waals surface area (Å²) < 4.78 is 1.97. The van der Waals surface area contributed by atoms with Crippen molar-refractivity contribution in [3.05, 3.63) is 18.7 Å². The second-order valence-corrected chi connectivity index (χ2v) is 5.29. The Bertz CT molecular complexity index is 376. The number of aromatic nitrogens is 2. The standard InChI is InChI=1S/C13H22N4O/c1-10(8-17-6-5-15-9-17)16-13(18)11-3-2-4-12(14)7-11/h5-6,9-12H,2-4,7-8,14H2,1H3,(H,16,18). The summed E-state index contributed by atoms with van der Waals surface area (Å²) in [4.78, 5) is 16.1. The van der Waals surface area contributed by atoms with Gasteiger partial charge >= 0.3 is 0 Å². The van der Waals surface area contributed by atoms with Gasteiger partial charge in [0.15, 0.2) is 0 Å². The quantitative estimate of drug-likeness (QED) is 0.834. The molecule has 0 saturated heterocycles. The molecule has 3 atom stereocenters. The number of rotatable bonds is 4. The van der Waals surface area contributed by atoms with E-state index in [1.54, 1.807) is 12.5 Å². The first-order valence-electron chi connectivity index (χ1n) is 6.67. The highest BCUT2D eigenvalue weighted by molar-refractivity contribution is 5.79. The van der Waals surface area contributed by atoms with Crippen molar-refractivity contribution in [3.63, 3.8) is 0 Å². The molecule has 1 aliphatic carbocycles. The lowest BCUT2D eigenvalue weighted by Gasteiger charge is -2.27. The molecule has 1 fully saturated rings. The molecule has 0 aliphatic heterocycles. The summed E-state index contributed by atoms with van der Waals surface area (Å²) in [5.41, 5.74) is 5.91. The van der Waals surface area contributed by atoms with Crippen LogP contribution >= 0.6 is 0 Å². The van der Waals surface area contributed by atoms with Crippen LogP contribution in [0.1, 0.15) is 32.6 Å². The number of hydrogen-bond acceptors (Lipinski definition) is 3. The second-order valence-electron chi connectivity index (χ2n) is 5.29. The van der Waals surface area contributed by atoms with E-state index in [0.717, 1.165) is 32.2 Å². The highest BCUT2D eigenvalue weighted by atomic mass is 16.1. The van der Waals surface area contributed by atoms with Crippen LogP contribution in [-0.4, -0.2) is 27.5 Å². The molecule has 2 rings (SSSR count). The molecular formula is C13H22N4O. The van der Waals surface area contributed by atoms with Gasteiger partial charge in [0.25, 0.3) is 0 Å². The Hall–Kier alpha value is -1.36. The SMILES string of the molecule is CC(Cn1ccnc1)NC(=O)C1CCCC(N)C1. The Balaban J connectivity index is 1.79. The predicted molar refractivity (Wildman–Crippen MR) is 69.8 cm³/mol. The first-order valence-corrected chi connectivity index (χ1v) is 6.67. The van der Waals surface area contributed by atoms with E-state index in [0.29, 0.717) is 0 Å². The van der Waals surface area contributed by atoms with Crippen LogP contribution in [0.5, 0.6) is 0 Å². The van der Waals surface area contributed by atoms with Crippen molar-refractivity contribution in [3.8, 4) is 0 Å². The third kappa shape index (κ3) is 3.57. The average Bonchev–Trinajstić information content (AvgIpc) is 2.81. The largest absolute Gasteiger partial charge is 0.352 e. The van der Waals surface area contributed by atoms with Crippen molar-refractivity contribution in [1.82, 2.24) is 14.9 Å². The van der Waals surface area contributed by atoms with E-state index in [1.807, 2.05) is 17.7 Å². The molecule has 0 aromatic carbocycles. The van der Waals surface area contributed by atoms with E-state index in [1.165, 1.54) is 0 Å². The fourth-order valence-corrected chi connectivity index (χ4v) is 2.58. The first-order chi connectivity index (χ1) is 8.65. The van der Waals surface area contributed by atoms with Gasteiger partial charge in [-0.15, -0.1) is 0 Å². The molecule has 0 radical (unpaired) electrons. The van der Waals surface area contributed by atoms with Gasteiger partial charge in [-0.05, 0) is 26.2 Å². The molecule has 1 aromatic rings. The molecule has 1 aliphatic rings. The summed E-state index contributed by atoms with van der Waals surface area (Å²) in [6.07, 6.45) is 9.32. The molecule has 1 amide bonds. The van der Waals surface area contributed by atoms with E-state index in [-0.39, 0.29) is 23.9 Å². The van der Waals surface area contributed by atoms with E-state index >= 15 is 0 Å². The summed E-state index contributed by atoms with van der Waals surface area (Å²) in [5, 5.41) is 3.07. The third-order valence-electron chi connectivity index (χ3n) is 3.52. The highest BCUT2D eigenvalue weighted by Gasteiger charge is 2.25. The van der Waals surface area contributed by atoms with Crippen molar-refractivity contribution in [1.29, 1.82) is 0 Å². The highest BCUT2D eigenvalue weighted by Crippen LogP contribution is 2.23. The van der Waals surface area contributed by atoms with Crippen molar-refractivity contribution in [2.45, 2.75) is 51.2 Å². The molecule has 5 heteroatoms. The Morgan fingerprint density at radius 3 is 3.11 bits per heavy atom. The van der Waals surface area contributed by atoms with Gasteiger partial charge in [-0.1, -0.05) is 6.42 Å². The summed E-state index contributed by atoms with van der Waals surface area (Å²) in [6, 6.07) is 0.309. The molecule has 100 valence electrons. The van der Waals surface area contributed by atoms with Gasteiger partial charge in [0, 0.05) is 36.9 Å². The number of nitrogens with zero attached hydrogens (tertiary/aromatic N) is 2. The minimum absolute atomic E-state index is 0.0963. The number of hydrogen-bond donors (Lipinski definition) is 2. The average molecular weight is 250 g/mol. The number of amides is 1. The topological polar surface area (TPSA) is 72.9 Å². The van der Waals surface area contributed by atoms with Crippen LogP contribution in [0, 0.1) is 5.92 Å².